The van der Waals surface area contributed by atoms with E-state index >= 15 is 0 Å². The van der Waals surface area contributed by atoms with Crippen LogP contribution in [0.1, 0.15) is 23.1 Å². The van der Waals surface area contributed by atoms with Crippen LogP contribution in [-0.4, -0.2) is 82.2 Å². The highest BCUT2D eigenvalue weighted by Crippen LogP contribution is 2.15. The number of rotatable bonds is 2. The molecule has 124 valence electrons. The number of aryl methyl sites for hydroxylation is 1. The Bertz CT molecular complexity index is 614. The van der Waals surface area contributed by atoms with Crippen LogP contribution in [0.2, 0.25) is 0 Å². The molecule has 8 nitrogen and oxygen atoms in total. The number of nitrogens with zero attached hydrogens (tertiary/aromatic N) is 5. The van der Waals surface area contributed by atoms with E-state index < -0.39 is 6.04 Å². The van der Waals surface area contributed by atoms with Crippen molar-refractivity contribution in [1.82, 2.24) is 24.7 Å². The van der Waals surface area contributed by atoms with Gasteiger partial charge in [0.05, 0.1) is 12.1 Å². The van der Waals surface area contributed by atoms with Crippen LogP contribution in [0.3, 0.4) is 0 Å². The molecule has 1 aliphatic heterocycles. The Kier molecular flexibility index (Phi) is 4.92. The van der Waals surface area contributed by atoms with Crippen LogP contribution in [0, 0.1) is 6.92 Å². The molecule has 1 fully saturated rings. The molecule has 1 aliphatic rings. The smallest absolute Gasteiger partial charge is 0.257 e. The third-order valence-corrected chi connectivity index (χ3v) is 3.83. The predicted octanol–water partition coefficient (Wildman–Crippen LogP) is -0.454. The molecule has 2 heterocycles. The first-order valence-corrected chi connectivity index (χ1v) is 7.37. The van der Waals surface area contributed by atoms with Crippen molar-refractivity contribution in [3.8, 4) is 0 Å². The molecule has 0 spiro atoms. The SMILES string of the molecule is CC(=O)N1CCN(C(=O)c2cnc(C)nc2)C[C@@H]1C(=O)N(C)C. The van der Waals surface area contributed by atoms with Crippen LogP contribution in [0.25, 0.3) is 0 Å². The van der Waals surface area contributed by atoms with Crippen molar-refractivity contribution in [3.05, 3.63) is 23.8 Å². The van der Waals surface area contributed by atoms with E-state index in [4.69, 9.17) is 0 Å². The second-order valence-electron chi connectivity index (χ2n) is 5.73. The van der Waals surface area contributed by atoms with E-state index in [1.165, 1.54) is 29.1 Å². The molecule has 0 bridgehead atoms. The molecular formula is C15H21N5O3. The fraction of sp³-hybridized carbons (Fsp3) is 0.533. The number of carbonyl (C=O) groups excluding carboxylic acids is 3. The number of hydrogen-bond acceptors (Lipinski definition) is 5. The van der Waals surface area contributed by atoms with Crippen LogP contribution in [-0.2, 0) is 9.59 Å². The standard InChI is InChI=1S/C15H21N5O3/c1-10-16-7-12(8-17-10)14(22)19-5-6-20(11(2)21)13(9-19)15(23)18(3)4/h7-8,13H,5-6,9H2,1-4H3/t13-/m1/s1. The van der Waals surface area contributed by atoms with Crippen molar-refractivity contribution >= 4 is 17.7 Å². The number of piperazine rings is 1. The molecule has 3 amide bonds. The average molecular weight is 319 g/mol. The van der Waals surface area contributed by atoms with Gasteiger partial charge in [0, 0.05) is 46.5 Å². The largest absolute Gasteiger partial charge is 0.347 e. The van der Waals surface area contributed by atoms with E-state index in [0.717, 1.165) is 0 Å². The van der Waals surface area contributed by atoms with Crippen molar-refractivity contribution in [2.24, 2.45) is 0 Å². The molecule has 0 unspecified atom stereocenters. The number of carbonyl (C=O) groups is 3. The Labute approximate surface area is 135 Å². The Morgan fingerprint density at radius 1 is 1.17 bits per heavy atom. The maximum Gasteiger partial charge on any atom is 0.257 e. The second kappa shape index (κ2) is 6.72. The Morgan fingerprint density at radius 3 is 2.30 bits per heavy atom. The van der Waals surface area contributed by atoms with E-state index in [0.29, 0.717) is 24.5 Å². The summed E-state index contributed by atoms with van der Waals surface area (Å²) in [7, 11) is 3.27. The molecule has 2 rings (SSSR count). The molecule has 23 heavy (non-hydrogen) atoms. The molecule has 8 heteroatoms. The van der Waals surface area contributed by atoms with Gasteiger partial charge in [0.15, 0.2) is 0 Å². The first-order chi connectivity index (χ1) is 10.8. The Balaban J connectivity index is 2.19. The molecule has 0 aromatic carbocycles. The van der Waals surface area contributed by atoms with E-state index in [-0.39, 0.29) is 24.3 Å². The molecular weight excluding hydrogens is 298 g/mol. The van der Waals surface area contributed by atoms with Gasteiger partial charge in [-0.15, -0.1) is 0 Å². The highest BCUT2D eigenvalue weighted by Gasteiger charge is 2.36. The minimum atomic E-state index is -0.661. The summed E-state index contributed by atoms with van der Waals surface area (Å²) in [6, 6.07) is -0.661. The molecule has 0 N–H and O–H groups in total. The molecule has 0 radical (unpaired) electrons. The fourth-order valence-electron chi connectivity index (χ4n) is 2.54. The zero-order chi connectivity index (χ0) is 17.1. The molecule has 0 aliphatic carbocycles. The van der Waals surface area contributed by atoms with Gasteiger partial charge in [-0.05, 0) is 6.92 Å². The summed E-state index contributed by atoms with van der Waals surface area (Å²) < 4.78 is 0. The number of hydrogen-bond donors (Lipinski definition) is 0. The van der Waals surface area contributed by atoms with Crippen LogP contribution in [0.15, 0.2) is 12.4 Å². The summed E-state index contributed by atoms with van der Waals surface area (Å²) in [4.78, 5) is 49.2. The first-order valence-electron chi connectivity index (χ1n) is 7.37. The zero-order valence-corrected chi connectivity index (χ0v) is 13.8. The van der Waals surface area contributed by atoms with Gasteiger partial charge in [-0.25, -0.2) is 9.97 Å². The van der Waals surface area contributed by atoms with Gasteiger partial charge < -0.3 is 14.7 Å². The summed E-state index contributed by atoms with van der Waals surface area (Å²) >= 11 is 0. The van der Waals surface area contributed by atoms with Crippen molar-refractivity contribution < 1.29 is 14.4 Å². The minimum absolute atomic E-state index is 0.170. The van der Waals surface area contributed by atoms with Crippen LogP contribution < -0.4 is 0 Å². The fourth-order valence-corrected chi connectivity index (χ4v) is 2.54. The van der Waals surface area contributed by atoms with Crippen LogP contribution in [0.4, 0.5) is 0 Å². The summed E-state index contributed by atoms with van der Waals surface area (Å²) in [5.41, 5.74) is 0.378. The summed E-state index contributed by atoms with van der Waals surface area (Å²) in [6.45, 7) is 4.05. The van der Waals surface area contributed by atoms with Gasteiger partial charge in [-0.1, -0.05) is 0 Å². The number of likely N-dealkylation sites (N-methyl/N-ethyl adjacent to an activating group) is 1. The lowest BCUT2D eigenvalue weighted by atomic mass is 10.1. The van der Waals surface area contributed by atoms with Crippen molar-refractivity contribution in [2.45, 2.75) is 19.9 Å². The van der Waals surface area contributed by atoms with Crippen molar-refractivity contribution in [1.29, 1.82) is 0 Å². The van der Waals surface area contributed by atoms with Crippen molar-refractivity contribution in [3.63, 3.8) is 0 Å². The van der Waals surface area contributed by atoms with Gasteiger partial charge in [0.2, 0.25) is 11.8 Å². The highest BCUT2D eigenvalue weighted by atomic mass is 16.2. The number of aromatic nitrogens is 2. The Hall–Kier alpha value is -2.51. The van der Waals surface area contributed by atoms with Gasteiger partial charge in [0.25, 0.3) is 5.91 Å². The minimum Gasteiger partial charge on any atom is -0.347 e. The van der Waals surface area contributed by atoms with Gasteiger partial charge in [-0.3, -0.25) is 14.4 Å². The third kappa shape index (κ3) is 3.64. The topological polar surface area (TPSA) is 86.7 Å². The van der Waals surface area contributed by atoms with E-state index in [1.54, 1.807) is 25.9 Å². The maximum atomic E-state index is 12.5. The average Bonchev–Trinajstić information content (AvgIpc) is 2.53. The summed E-state index contributed by atoms with van der Waals surface area (Å²) in [5, 5.41) is 0. The lowest BCUT2D eigenvalue weighted by molar-refractivity contribution is -0.146. The van der Waals surface area contributed by atoms with E-state index in [1.807, 2.05) is 0 Å². The van der Waals surface area contributed by atoms with Crippen LogP contribution >= 0.6 is 0 Å². The van der Waals surface area contributed by atoms with E-state index in [9.17, 15) is 14.4 Å². The third-order valence-electron chi connectivity index (χ3n) is 3.83. The maximum absolute atomic E-state index is 12.5. The normalized spacial score (nSPS) is 17.8. The van der Waals surface area contributed by atoms with Crippen molar-refractivity contribution in [2.75, 3.05) is 33.7 Å². The lowest BCUT2D eigenvalue weighted by Crippen LogP contribution is -2.61. The predicted molar refractivity (Wildman–Crippen MR) is 82.5 cm³/mol. The Morgan fingerprint density at radius 2 is 1.78 bits per heavy atom. The number of amides is 3. The van der Waals surface area contributed by atoms with Gasteiger partial charge in [-0.2, -0.15) is 0 Å². The summed E-state index contributed by atoms with van der Waals surface area (Å²) in [6.07, 6.45) is 2.95. The highest BCUT2D eigenvalue weighted by molar-refractivity contribution is 5.95. The molecule has 1 aromatic rings. The van der Waals surface area contributed by atoms with Gasteiger partial charge >= 0.3 is 0 Å². The first kappa shape index (κ1) is 16.9. The second-order valence-corrected chi connectivity index (χ2v) is 5.73. The summed E-state index contributed by atoms with van der Waals surface area (Å²) in [5.74, 6) is -0.0119. The van der Waals surface area contributed by atoms with E-state index in [2.05, 4.69) is 9.97 Å². The van der Waals surface area contributed by atoms with Gasteiger partial charge in [0.1, 0.15) is 11.9 Å². The molecule has 1 atom stereocenters. The van der Waals surface area contributed by atoms with Crippen LogP contribution in [0.5, 0.6) is 0 Å². The molecule has 1 aromatic heterocycles. The quantitative estimate of drug-likeness (QED) is 0.736. The zero-order valence-electron chi connectivity index (χ0n) is 13.8. The monoisotopic (exact) mass is 319 g/mol. The molecule has 0 saturated carbocycles. The lowest BCUT2D eigenvalue weighted by Gasteiger charge is -2.40. The molecule has 1 saturated heterocycles.